The average Bonchev–Trinajstić information content (AvgIpc) is 2.91. The highest BCUT2D eigenvalue weighted by Gasteiger charge is 2.23. The highest BCUT2D eigenvalue weighted by Crippen LogP contribution is 2.21. The van der Waals surface area contributed by atoms with Gasteiger partial charge in [0.25, 0.3) is 5.91 Å². The van der Waals surface area contributed by atoms with E-state index < -0.39 is 22.5 Å². The van der Waals surface area contributed by atoms with Crippen LogP contribution in [0.2, 0.25) is 5.02 Å². The molecule has 0 saturated heterocycles. The molecule has 1 heterocycles. The number of nitrogens with one attached hydrogen (secondary N) is 1. The summed E-state index contributed by atoms with van der Waals surface area (Å²) in [6, 6.07) is 5.70. The summed E-state index contributed by atoms with van der Waals surface area (Å²) in [4.78, 5) is 12.1. The number of nitrogen functional groups attached to an aromatic ring is 1. The van der Waals surface area contributed by atoms with Gasteiger partial charge in [0, 0.05) is 12.1 Å². The SMILES string of the molecule is C/C(=N/NC(=O)CN(C)S(=O)(=O)c1ccc(Cl)cc1)c1c(C)nsc1N. The number of likely N-dealkylation sites (N-methyl/N-ethyl adjacent to an activating group) is 1. The predicted octanol–water partition coefficient (Wildman–Crippen LogP) is 1.85. The van der Waals surface area contributed by atoms with Crippen molar-refractivity contribution in [2.24, 2.45) is 5.10 Å². The van der Waals surface area contributed by atoms with Crippen molar-refractivity contribution in [2.75, 3.05) is 19.3 Å². The zero-order chi connectivity index (χ0) is 19.5. The maximum atomic E-state index is 12.4. The second kappa shape index (κ2) is 8.12. The average molecular weight is 416 g/mol. The molecule has 1 aromatic carbocycles. The van der Waals surface area contributed by atoms with E-state index in [0.29, 0.717) is 27.0 Å². The van der Waals surface area contributed by atoms with Gasteiger partial charge in [0.2, 0.25) is 10.0 Å². The van der Waals surface area contributed by atoms with Gasteiger partial charge in [-0.3, -0.25) is 4.79 Å². The van der Waals surface area contributed by atoms with Crippen molar-refractivity contribution >= 4 is 49.8 Å². The quantitative estimate of drug-likeness (QED) is 0.551. The first kappa shape index (κ1) is 20.3. The van der Waals surface area contributed by atoms with Crippen LogP contribution in [0.1, 0.15) is 18.2 Å². The first-order chi connectivity index (χ1) is 12.1. The molecule has 0 aliphatic rings. The van der Waals surface area contributed by atoms with Crippen molar-refractivity contribution in [2.45, 2.75) is 18.7 Å². The number of carbonyl (C=O) groups is 1. The van der Waals surface area contributed by atoms with E-state index in [9.17, 15) is 13.2 Å². The molecule has 1 amide bonds. The van der Waals surface area contributed by atoms with Crippen molar-refractivity contribution in [1.29, 1.82) is 0 Å². The van der Waals surface area contributed by atoms with E-state index in [0.717, 1.165) is 15.8 Å². The van der Waals surface area contributed by atoms with Gasteiger partial charge in [-0.15, -0.1) is 0 Å². The number of hydrogen-bond acceptors (Lipinski definition) is 7. The van der Waals surface area contributed by atoms with Crippen LogP contribution in [0.4, 0.5) is 5.00 Å². The molecule has 0 bridgehead atoms. The molecule has 0 aliphatic heterocycles. The Bertz CT molecular complexity index is 919. The van der Waals surface area contributed by atoms with Gasteiger partial charge < -0.3 is 5.73 Å². The normalized spacial score (nSPS) is 12.4. The van der Waals surface area contributed by atoms with Gasteiger partial charge in [0.1, 0.15) is 5.00 Å². The lowest BCUT2D eigenvalue weighted by Crippen LogP contribution is -2.36. The zero-order valence-electron chi connectivity index (χ0n) is 14.4. The van der Waals surface area contributed by atoms with E-state index in [-0.39, 0.29) is 4.90 Å². The van der Waals surface area contributed by atoms with E-state index in [1.54, 1.807) is 13.8 Å². The number of hydrazone groups is 1. The summed E-state index contributed by atoms with van der Waals surface area (Å²) in [5.74, 6) is -0.580. The molecule has 3 N–H and O–H groups in total. The summed E-state index contributed by atoms with van der Waals surface area (Å²) < 4.78 is 29.9. The molecule has 0 aliphatic carbocycles. The van der Waals surface area contributed by atoms with Gasteiger partial charge in [0.15, 0.2) is 0 Å². The molecule has 11 heteroatoms. The van der Waals surface area contributed by atoms with E-state index in [2.05, 4.69) is 14.9 Å². The van der Waals surface area contributed by atoms with Crippen LogP contribution in [0.5, 0.6) is 0 Å². The van der Waals surface area contributed by atoms with Crippen LogP contribution in [-0.2, 0) is 14.8 Å². The Labute approximate surface area is 160 Å². The van der Waals surface area contributed by atoms with Crippen molar-refractivity contribution < 1.29 is 13.2 Å². The number of sulfonamides is 1. The molecule has 26 heavy (non-hydrogen) atoms. The van der Waals surface area contributed by atoms with Crippen molar-refractivity contribution in [3.63, 3.8) is 0 Å². The first-order valence-electron chi connectivity index (χ1n) is 7.40. The number of nitrogens with two attached hydrogens (primary N) is 1. The number of halogens is 1. The minimum atomic E-state index is -3.81. The standard InChI is InChI=1S/C15H18ClN5O3S2/c1-9(14-10(2)20-25-15(14)17)18-19-13(22)8-21(3)26(23,24)12-6-4-11(16)5-7-12/h4-7H,8,17H2,1-3H3,(H,19,22)/b18-9-. The van der Waals surface area contributed by atoms with E-state index in [1.165, 1.54) is 31.3 Å². The van der Waals surface area contributed by atoms with Gasteiger partial charge in [0.05, 0.1) is 28.4 Å². The number of amides is 1. The molecule has 0 atom stereocenters. The second-order valence-electron chi connectivity index (χ2n) is 5.45. The van der Waals surface area contributed by atoms with Crippen LogP contribution >= 0.6 is 23.1 Å². The van der Waals surface area contributed by atoms with E-state index in [4.69, 9.17) is 17.3 Å². The highest BCUT2D eigenvalue weighted by molar-refractivity contribution is 7.89. The molecule has 140 valence electrons. The van der Waals surface area contributed by atoms with Crippen molar-refractivity contribution in [3.8, 4) is 0 Å². The minimum Gasteiger partial charge on any atom is -0.389 e. The number of aryl methyl sites for hydroxylation is 1. The molecule has 0 spiro atoms. The molecule has 2 aromatic rings. The predicted molar refractivity (Wildman–Crippen MR) is 103 cm³/mol. The van der Waals surface area contributed by atoms with Crippen LogP contribution in [-0.4, -0.2) is 42.3 Å². The molecular weight excluding hydrogens is 398 g/mol. The Kier molecular flexibility index (Phi) is 6.34. The van der Waals surface area contributed by atoms with Crippen LogP contribution < -0.4 is 11.2 Å². The lowest BCUT2D eigenvalue weighted by molar-refractivity contribution is -0.121. The summed E-state index contributed by atoms with van der Waals surface area (Å²) in [5, 5.41) is 4.90. The second-order valence-corrected chi connectivity index (χ2v) is 8.74. The number of rotatable bonds is 6. The fourth-order valence-corrected chi connectivity index (χ4v) is 4.10. The molecule has 0 unspecified atom stereocenters. The van der Waals surface area contributed by atoms with Crippen molar-refractivity contribution in [1.82, 2.24) is 14.1 Å². The van der Waals surface area contributed by atoms with Gasteiger partial charge in [-0.25, -0.2) is 13.8 Å². The number of anilines is 1. The zero-order valence-corrected chi connectivity index (χ0v) is 16.7. The summed E-state index contributed by atoms with van der Waals surface area (Å²) >= 11 is 6.90. The number of aromatic nitrogens is 1. The van der Waals surface area contributed by atoms with E-state index >= 15 is 0 Å². The van der Waals surface area contributed by atoms with Gasteiger partial charge in [-0.1, -0.05) is 11.6 Å². The molecule has 8 nitrogen and oxygen atoms in total. The Morgan fingerprint density at radius 2 is 2.00 bits per heavy atom. The van der Waals surface area contributed by atoms with Crippen LogP contribution in [0, 0.1) is 6.92 Å². The van der Waals surface area contributed by atoms with Crippen LogP contribution in [0.25, 0.3) is 0 Å². The minimum absolute atomic E-state index is 0.0460. The van der Waals surface area contributed by atoms with Gasteiger partial charge >= 0.3 is 0 Å². The third-order valence-corrected chi connectivity index (χ3v) is 6.32. The third-order valence-electron chi connectivity index (χ3n) is 3.49. The number of carbonyl (C=O) groups excluding carboxylic acids is 1. The fraction of sp³-hybridized carbons (Fsp3) is 0.267. The van der Waals surface area contributed by atoms with Gasteiger partial charge in [-0.05, 0) is 49.6 Å². The summed E-state index contributed by atoms with van der Waals surface area (Å²) in [7, 11) is -2.50. The van der Waals surface area contributed by atoms with E-state index in [1.807, 2.05) is 0 Å². The maximum absolute atomic E-state index is 12.4. The number of nitrogens with zero attached hydrogens (tertiary/aromatic N) is 3. The fourth-order valence-electron chi connectivity index (χ4n) is 2.14. The molecule has 1 aromatic heterocycles. The molecular formula is C15H18ClN5O3S2. The lowest BCUT2D eigenvalue weighted by atomic mass is 10.2. The highest BCUT2D eigenvalue weighted by atomic mass is 35.5. The molecule has 0 radical (unpaired) electrons. The lowest BCUT2D eigenvalue weighted by Gasteiger charge is -2.16. The first-order valence-corrected chi connectivity index (χ1v) is 9.99. The maximum Gasteiger partial charge on any atom is 0.255 e. The Morgan fingerprint density at radius 3 is 2.54 bits per heavy atom. The Morgan fingerprint density at radius 1 is 1.38 bits per heavy atom. The monoisotopic (exact) mass is 415 g/mol. The number of benzene rings is 1. The third kappa shape index (κ3) is 4.58. The Hall–Kier alpha value is -2.01. The summed E-state index contributed by atoms with van der Waals surface area (Å²) in [6.45, 7) is 3.08. The smallest absolute Gasteiger partial charge is 0.255 e. The van der Waals surface area contributed by atoms with Crippen molar-refractivity contribution in [3.05, 3.63) is 40.5 Å². The largest absolute Gasteiger partial charge is 0.389 e. The number of hydrogen-bond donors (Lipinski definition) is 2. The molecule has 0 fully saturated rings. The van der Waals surface area contributed by atoms with Crippen LogP contribution in [0.3, 0.4) is 0 Å². The van der Waals surface area contributed by atoms with Gasteiger partial charge in [-0.2, -0.15) is 13.8 Å². The topological polar surface area (TPSA) is 118 Å². The summed E-state index contributed by atoms with van der Waals surface area (Å²) in [6.07, 6.45) is 0. The summed E-state index contributed by atoms with van der Waals surface area (Å²) in [5.41, 5.74) is 10.0. The Balaban J connectivity index is 2.05. The van der Waals surface area contributed by atoms with Crippen LogP contribution in [0.15, 0.2) is 34.3 Å². The molecule has 2 rings (SSSR count). The molecule has 0 saturated carbocycles.